The van der Waals surface area contributed by atoms with E-state index in [-0.39, 0.29) is 25.5 Å². The number of azide groups is 1. The van der Waals surface area contributed by atoms with E-state index in [1.165, 1.54) is 0 Å². The number of ether oxygens (including phenoxy) is 3. The number of aliphatic hydroxyl groups is 1. The van der Waals surface area contributed by atoms with E-state index in [1.807, 2.05) is 103 Å². The van der Waals surface area contributed by atoms with Gasteiger partial charge in [0.2, 0.25) is 5.90 Å². The number of benzene rings is 4. The number of carbonyl (C=O) groups is 1. The molecule has 1 aliphatic heterocycles. The summed E-state index contributed by atoms with van der Waals surface area (Å²) in [6, 6.07) is 32.2. The standard InChI is InChI=1S/C36H38N6O5/c1-45-31-16-12-26(13-17-31)20-21-38-41-35(44)36(24-29-10-5-6-11-30(29)25-39-42-37)33(27-8-3-2-4-9-27)47-34(40-36)28-14-18-32(19-15-28)46-23-7-22-43/h2-6,8-19,33,38,43H,7,20-25H2,1H3,(H,41,44)/t33-,36-/m0/s1. The Kier molecular flexibility index (Phi) is 11.4. The highest BCUT2D eigenvalue weighted by atomic mass is 16.5. The van der Waals surface area contributed by atoms with Gasteiger partial charge in [-0.15, -0.1) is 0 Å². The normalized spacial score (nSPS) is 16.8. The molecule has 0 aliphatic carbocycles. The zero-order valence-corrected chi connectivity index (χ0v) is 26.2. The average Bonchev–Trinajstić information content (AvgIpc) is 3.51. The van der Waals surface area contributed by atoms with Crippen LogP contribution in [0.5, 0.6) is 11.5 Å². The summed E-state index contributed by atoms with van der Waals surface area (Å²) in [5.74, 6) is 1.39. The molecule has 0 aromatic heterocycles. The van der Waals surface area contributed by atoms with Gasteiger partial charge in [0.1, 0.15) is 11.5 Å². The Morgan fingerprint density at radius 3 is 2.38 bits per heavy atom. The van der Waals surface area contributed by atoms with Crippen molar-refractivity contribution in [2.24, 2.45) is 10.1 Å². The number of rotatable bonds is 16. The molecule has 4 aromatic carbocycles. The van der Waals surface area contributed by atoms with Gasteiger partial charge in [-0.1, -0.05) is 71.8 Å². The van der Waals surface area contributed by atoms with Gasteiger partial charge in [0.15, 0.2) is 11.6 Å². The van der Waals surface area contributed by atoms with Gasteiger partial charge < -0.3 is 19.3 Å². The summed E-state index contributed by atoms with van der Waals surface area (Å²) < 4.78 is 17.5. The van der Waals surface area contributed by atoms with Crippen LogP contribution in [-0.4, -0.2) is 49.3 Å². The Labute approximate surface area is 273 Å². The van der Waals surface area contributed by atoms with Crippen molar-refractivity contribution in [3.8, 4) is 11.5 Å². The fourth-order valence-electron chi connectivity index (χ4n) is 5.44. The monoisotopic (exact) mass is 634 g/mol. The number of aliphatic hydroxyl groups excluding tert-OH is 1. The third-order valence-corrected chi connectivity index (χ3v) is 7.91. The van der Waals surface area contributed by atoms with E-state index in [1.54, 1.807) is 7.11 Å². The lowest BCUT2D eigenvalue weighted by atomic mass is 9.81. The first kappa shape index (κ1) is 33.0. The van der Waals surface area contributed by atoms with Crippen LogP contribution in [0.25, 0.3) is 10.4 Å². The smallest absolute Gasteiger partial charge is 0.266 e. The van der Waals surface area contributed by atoms with Crippen LogP contribution in [-0.2, 0) is 28.9 Å². The maximum absolute atomic E-state index is 14.5. The minimum atomic E-state index is -1.42. The van der Waals surface area contributed by atoms with Crippen molar-refractivity contribution in [1.29, 1.82) is 0 Å². The molecule has 0 saturated carbocycles. The fourth-order valence-corrected chi connectivity index (χ4v) is 5.44. The largest absolute Gasteiger partial charge is 0.497 e. The number of nitrogens with zero attached hydrogens (tertiary/aromatic N) is 4. The molecule has 0 saturated heterocycles. The summed E-state index contributed by atoms with van der Waals surface area (Å²) in [5, 5.41) is 12.9. The summed E-state index contributed by atoms with van der Waals surface area (Å²) in [7, 11) is 1.63. The second kappa shape index (κ2) is 16.3. The molecule has 0 fully saturated rings. The molecule has 1 aliphatic rings. The lowest BCUT2D eigenvalue weighted by Crippen LogP contribution is -2.54. The van der Waals surface area contributed by atoms with Gasteiger partial charge in [0.05, 0.1) is 20.3 Å². The summed E-state index contributed by atoms with van der Waals surface area (Å²) >= 11 is 0. The molecule has 47 heavy (non-hydrogen) atoms. The quantitative estimate of drug-likeness (QED) is 0.0478. The summed E-state index contributed by atoms with van der Waals surface area (Å²) in [5.41, 5.74) is 17.8. The molecular formula is C36H38N6O5. The highest BCUT2D eigenvalue weighted by Gasteiger charge is 2.53. The minimum Gasteiger partial charge on any atom is -0.497 e. The molecule has 242 valence electrons. The van der Waals surface area contributed by atoms with Crippen molar-refractivity contribution in [1.82, 2.24) is 10.9 Å². The van der Waals surface area contributed by atoms with E-state index in [4.69, 9.17) is 29.8 Å². The van der Waals surface area contributed by atoms with E-state index in [0.29, 0.717) is 43.2 Å². The van der Waals surface area contributed by atoms with E-state index in [9.17, 15) is 4.79 Å². The van der Waals surface area contributed by atoms with Gasteiger partial charge >= 0.3 is 0 Å². The van der Waals surface area contributed by atoms with Crippen molar-refractivity contribution in [3.63, 3.8) is 0 Å². The molecule has 11 heteroatoms. The van der Waals surface area contributed by atoms with Crippen LogP contribution in [0.4, 0.5) is 0 Å². The Morgan fingerprint density at radius 2 is 1.68 bits per heavy atom. The number of hydrogen-bond donors (Lipinski definition) is 3. The minimum absolute atomic E-state index is 0.0517. The predicted molar refractivity (Wildman–Crippen MR) is 179 cm³/mol. The predicted octanol–water partition coefficient (Wildman–Crippen LogP) is 5.63. The van der Waals surface area contributed by atoms with Crippen molar-refractivity contribution in [2.75, 3.05) is 26.9 Å². The molecule has 0 bridgehead atoms. The first-order valence-corrected chi connectivity index (χ1v) is 15.5. The zero-order valence-electron chi connectivity index (χ0n) is 26.2. The van der Waals surface area contributed by atoms with Crippen molar-refractivity contribution >= 4 is 11.8 Å². The van der Waals surface area contributed by atoms with Crippen LogP contribution in [0.3, 0.4) is 0 Å². The number of carbonyl (C=O) groups excluding carboxylic acids is 1. The van der Waals surface area contributed by atoms with Crippen molar-refractivity contribution in [2.45, 2.75) is 37.5 Å². The summed E-state index contributed by atoms with van der Waals surface area (Å²) in [6.45, 7) is 1.06. The molecule has 1 amide bonds. The highest BCUT2D eigenvalue weighted by molar-refractivity contribution is 6.01. The summed E-state index contributed by atoms with van der Waals surface area (Å²) in [4.78, 5) is 22.5. The molecule has 4 aromatic rings. The Hall–Kier alpha value is -5.35. The SMILES string of the molecule is COc1ccc(CCNNC(=O)[C@@]2(Cc3ccccc3CN=[N+]=[N-])N=C(c3ccc(OCCCO)cc3)O[C@H]2c2ccccc2)cc1. The molecule has 0 radical (unpaired) electrons. The van der Waals surface area contributed by atoms with Crippen molar-refractivity contribution in [3.05, 3.63) is 141 Å². The van der Waals surface area contributed by atoms with Gasteiger partial charge in [-0.2, -0.15) is 0 Å². The maximum Gasteiger partial charge on any atom is 0.266 e. The first-order valence-electron chi connectivity index (χ1n) is 15.5. The van der Waals surface area contributed by atoms with Crippen LogP contribution in [0.1, 0.15) is 40.3 Å². The van der Waals surface area contributed by atoms with Gasteiger partial charge in [-0.05, 0) is 70.6 Å². The van der Waals surface area contributed by atoms with Crippen LogP contribution in [0, 0.1) is 0 Å². The molecule has 11 nitrogen and oxygen atoms in total. The van der Waals surface area contributed by atoms with Crippen LogP contribution >= 0.6 is 0 Å². The molecular weight excluding hydrogens is 596 g/mol. The fraction of sp³-hybridized carbons (Fsp3) is 0.278. The third-order valence-electron chi connectivity index (χ3n) is 7.91. The molecule has 1 heterocycles. The molecule has 3 N–H and O–H groups in total. The number of hydrogen-bond acceptors (Lipinski definition) is 8. The van der Waals surface area contributed by atoms with Gasteiger partial charge in [0, 0.05) is 36.5 Å². The van der Waals surface area contributed by atoms with Crippen LogP contribution in [0.15, 0.2) is 113 Å². The topological polar surface area (TPSA) is 150 Å². The van der Waals surface area contributed by atoms with Crippen LogP contribution in [0.2, 0.25) is 0 Å². The van der Waals surface area contributed by atoms with E-state index >= 15 is 0 Å². The second-order valence-corrected chi connectivity index (χ2v) is 11.0. The van der Waals surface area contributed by atoms with Gasteiger partial charge in [-0.25, -0.2) is 10.4 Å². The zero-order chi connectivity index (χ0) is 32.9. The highest BCUT2D eigenvalue weighted by Crippen LogP contribution is 2.43. The Bertz CT molecular complexity index is 1690. The molecule has 2 atom stereocenters. The lowest BCUT2D eigenvalue weighted by Gasteiger charge is -2.31. The summed E-state index contributed by atoms with van der Waals surface area (Å²) in [6.07, 6.45) is 0.617. The van der Waals surface area contributed by atoms with E-state index < -0.39 is 11.6 Å². The second-order valence-electron chi connectivity index (χ2n) is 11.0. The number of hydrazine groups is 1. The average molecular weight is 635 g/mol. The third kappa shape index (κ3) is 8.28. The van der Waals surface area contributed by atoms with Crippen LogP contribution < -0.4 is 20.3 Å². The molecule has 5 rings (SSSR count). The van der Waals surface area contributed by atoms with Gasteiger partial charge in [-0.3, -0.25) is 10.2 Å². The Balaban J connectivity index is 1.48. The van der Waals surface area contributed by atoms with E-state index in [0.717, 1.165) is 28.0 Å². The number of aliphatic imine (C=N–C) groups is 1. The first-order chi connectivity index (χ1) is 23.1. The number of amides is 1. The number of methoxy groups -OCH3 is 1. The molecule has 0 unspecified atom stereocenters. The number of nitrogens with one attached hydrogen (secondary N) is 2. The molecule has 0 spiro atoms. The van der Waals surface area contributed by atoms with Crippen molar-refractivity contribution < 1.29 is 24.1 Å². The Morgan fingerprint density at radius 1 is 0.979 bits per heavy atom. The lowest BCUT2D eigenvalue weighted by molar-refractivity contribution is -0.130. The van der Waals surface area contributed by atoms with E-state index in [2.05, 4.69) is 20.9 Å². The maximum atomic E-state index is 14.5. The van der Waals surface area contributed by atoms with Gasteiger partial charge in [0.25, 0.3) is 5.91 Å².